The quantitative estimate of drug-likeness (QED) is 0.902. The first-order chi connectivity index (χ1) is 12.2. The van der Waals surface area contributed by atoms with Crippen molar-refractivity contribution in [2.24, 2.45) is 0 Å². The number of hydrogen-bond acceptors (Lipinski definition) is 5. The van der Waals surface area contributed by atoms with Crippen LogP contribution >= 0.6 is 0 Å². The third-order valence-corrected chi connectivity index (χ3v) is 4.19. The second-order valence-electron chi connectivity index (χ2n) is 5.86. The van der Waals surface area contributed by atoms with Gasteiger partial charge in [-0.15, -0.1) is 0 Å². The first-order valence-corrected chi connectivity index (χ1v) is 8.42. The van der Waals surface area contributed by atoms with E-state index in [2.05, 4.69) is 20.2 Å². The Morgan fingerprint density at radius 3 is 2.80 bits per heavy atom. The highest BCUT2D eigenvalue weighted by atomic mass is 19.1. The summed E-state index contributed by atoms with van der Waals surface area (Å²) in [4.78, 5) is 22.7. The smallest absolute Gasteiger partial charge is 0.254 e. The molecule has 1 aromatic heterocycles. The van der Waals surface area contributed by atoms with Crippen molar-refractivity contribution in [3.05, 3.63) is 48.0 Å². The van der Waals surface area contributed by atoms with Crippen LogP contribution in [0.3, 0.4) is 0 Å². The van der Waals surface area contributed by atoms with Gasteiger partial charge in [0.1, 0.15) is 18.0 Å². The molecule has 0 saturated carbocycles. The molecule has 0 radical (unpaired) electrons. The molecule has 1 N–H and O–H groups in total. The first kappa shape index (κ1) is 17.1. The van der Waals surface area contributed by atoms with Gasteiger partial charge >= 0.3 is 0 Å². The zero-order valence-corrected chi connectivity index (χ0v) is 14.1. The van der Waals surface area contributed by atoms with Crippen molar-refractivity contribution < 1.29 is 13.9 Å². The summed E-state index contributed by atoms with van der Waals surface area (Å²) in [5.74, 6) is 0.513. The number of rotatable bonds is 5. The average Bonchev–Trinajstić information content (AvgIpc) is 2.63. The minimum Gasteiger partial charge on any atom is -0.478 e. The van der Waals surface area contributed by atoms with Gasteiger partial charge in [0, 0.05) is 25.2 Å². The van der Waals surface area contributed by atoms with E-state index in [4.69, 9.17) is 4.74 Å². The predicted molar refractivity (Wildman–Crippen MR) is 92.3 cm³/mol. The number of hydrogen-bond donors (Lipinski definition) is 1. The highest BCUT2D eigenvalue weighted by Crippen LogP contribution is 2.21. The van der Waals surface area contributed by atoms with Gasteiger partial charge in [0.05, 0.1) is 12.2 Å². The van der Waals surface area contributed by atoms with Crippen LogP contribution in [0, 0.1) is 5.82 Å². The van der Waals surface area contributed by atoms with Crippen molar-refractivity contribution in [3.63, 3.8) is 0 Å². The van der Waals surface area contributed by atoms with Crippen molar-refractivity contribution in [1.82, 2.24) is 15.3 Å². The number of benzene rings is 1. The zero-order valence-electron chi connectivity index (χ0n) is 14.1. The second kappa shape index (κ2) is 7.92. The minimum absolute atomic E-state index is 0.0246. The van der Waals surface area contributed by atoms with Crippen molar-refractivity contribution in [1.29, 1.82) is 0 Å². The van der Waals surface area contributed by atoms with Crippen LogP contribution in [0.15, 0.2) is 36.7 Å². The molecule has 1 aromatic carbocycles. The van der Waals surface area contributed by atoms with Crippen LogP contribution in [0.1, 0.15) is 30.1 Å². The van der Waals surface area contributed by atoms with E-state index in [1.165, 1.54) is 18.5 Å². The van der Waals surface area contributed by atoms with Crippen molar-refractivity contribution >= 4 is 11.7 Å². The largest absolute Gasteiger partial charge is 0.478 e. The summed E-state index contributed by atoms with van der Waals surface area (Å²) in [5.41, 5.74) is 0.0853. The number of ether oxygens (including phenoxy) is 1. The maximum absolute atomic E-state index is 13.7. The fraction of sp³-hybridized carbons (Fsp3) is 0.389. The molecule has 1 amide bonds. The van der Waals surface area contributed by atoms with E-state index < -0.39 is 5.82 Å². The Labute approximate surface area is 146 Å². The maximum Gasteiger partial charge on any atom is 0.254 e. The van der Waals surface area contributed by atoms with E-state index in [1.807, 2.05) is 13.0 Å². The van der Waals surface area contributed by atoms with E-state index in [0.717, 1.165) is 31.7 Å². The Bertz CT molecular complexity index is 733. The zero-order chi connectivity index (χ0) is 17.6. The third kappa shape index (κ3) is 4.23. The van der Waals surface area contributed by atoms with E-state index in [0.29, 0.717) is 12.5 Å². The lowest BCUT2D eigenvalue weighted by Gasteiger charge is -2.33. The maximum atomic E-state index is 13.7. The number of halogens is 1. The monoisotopic (exact) mass is 344 g/mol. The molecular weight excluding hydrogens is 323 g/mol. The molecule has 1 fully saturated rings. The van der Waals surface area contributed by atoms with E-state index in [-0.39, 0.29) is 17.5 Å². The van der Waals surface area contributed by atoms with E-state index in [1.54, 1.807) is 12.1 Å². The van der Waals surface area contributed by atoms with Crippen molar-refractivity contribution in [2.45, 2.75) is 25.8 Å². The molecule has 0 aliphatic carbocycles. The van der Waals surface area contributed by atoms with E-state index in [9.17, 15) is 9.18 Å². The molecule has 2 aromatic rings. The van der Waals surface area contributed by atoms with Gasteiger partial charge in [-0.1, -0.05) is 12.1 Å². The Kier molecular flexibility index (Phi) is 5.42. The van der Waals surface area contributed by atoms with Gasteiger partial charge in [0.25, 0.3) is 5.91 Å². The van der Waals surface area contributed by atoms with Gasteiger partial charge < -0.3 is 15.0 Å². The molecule has 0 unspecified atom stereocenters. The van der Waals surface area contributed by atoms with Crippen LogP contribution < -0.4 is 15.0 Å². The molecule has 0 bridgehead atoms. The van der Waals surface area contributed by atoms with Crippen LogP contribution in [-0.2, 0) is 0 Å². The van der Waals surface area contributed by atoms with Gasteiger partial charge in [-0.2, -0.15) is 0 Å². The molecule has 0 atom stereocenters. The standard InChI is InChI=1S/C18H21FN4O2/c1-2-25-17-11-16(20-12-21-17)23-9-7-13(8-10-23)22-18(24)14-5-3-4-6-15(14)19/h3-6,11-13H,2,7-10H2,1H3,(H,22,24). The van der Waals surface area contributed by atoms with Crippen LogP contribution in [0.25, 0.3) is 0 Å². The number of nitrogens with zero attached hydrogens (tertiary/aromatic N) is 3. The molecule has 6 nitrogen and oxygen atoms in total. The summed E-state index contributed by atoms with van der Waals surface area (Å²) in [6.45, 7) is 3.97. The van der Waals surface area contributed by atoms with Gasteiger partial charge in [0.2, 0.25) is 5.88 Å². The first-order valence-electron chi connectivity index (χ1n) is 8.42. The van der Waals surface area contributed by atoms with Crippen LogP contribution in [0.5, 0.6) is 5.88 Å². The number of carbonyl (C=O) groups is 1. The fourth-order valence-electron chi connectivity index (χ4n) is 2.89. The van der Waals surface area contributed by atoms with Gasteiger partial charge in [-0.25, -0.2) is 14.4 Å². The Morgan fingerprint density at radius 1 is 1.32 bits per heavy atom. The number of anilines is 1. The molecule has 25 heavy (non-hydrogen) atoms. The Balaban J connectivity index is 1.56. The topological polar surface area (TPSA) is 67.3 Å². The summed E-state index contributed by atoms with van der Waals surface area (Å²) < 4.78 is 19.1. The number of nitrogens with one attached hydrogen (secondary N) is 1. The van der Waals surface area contributed by atoms with Crippen molar-refractivity contribution in [3.8, 4) is 5.88 Å². The SMILES string of the molecule is CCOc1cc(N2CCC(NC(=O)c3ccccc3F)CC2)ncn1. The summed E-state index contributed by atoms with van der Waals surface area (Å²) in [5, 5.41) is 2.92. The molecular formula is C18H21FN4O2. The summed E-state index contributed by atoms with van der Waals surface area (Å²) >= 11 is 0. The molecule has 1 aliphatic heterocycles. The Morgan fingerprint density at radius 2 is 2.08 bits per heavy atom. The third-order valence-electron chi connectivity index (χ3n) is 4.19. The number of amides is 1. The van der Waals surface area contributed by atoms with Gasteiger partial charge in [0.15, 0.2) is 0 Å². The highest BCUT2D eigenvalue weighted by molar-refractivity contribution is 5.94. The van der Waals surface area contributed by atoms with Crippen LogP contribution in [-0.4, -0.2) is 41.6 Å². The molecule has 0 spiro atoms. The predicted octanol–water partition coefficient (Wildman–Crippen LogP) is 2.41. The van der Waals surface area contributed by atoms with Crippen molar-refractivity contribution in [2.75, 3.05) is 24.6 Å². The second-order valence-corrected chi connectivity index (χ2v) is 5.86. The minimum atomic E-state index is -0.498. The van der Waals surface area contributed by atoms with Crippen LogP contribution in [0.4, 0.5) is 10.2 Å². The fourth-order valence-corrected chi connectivity index (χ4v) is 2.89. The number of aromatic nitrogens is 2. The van der Waals surface area contributed by atoms with Crippen LogP contribution in [0.2, 0.25) is 0 Å². The molecule has 3 rings (SSSR count). The average molecular weight is 344 g/mol. The lowest BCUT2D eigenvalue weighted by Crippen LogP contribution is -2.45. The highest BCUT2D eigenvalue weighted by Gasteiger charge is 2.23. The lowest BCUT2D eigenvalue weighted by molar-refractivity contribution is 0.0927. The summed E-state index contributed by atoms with van der Waals surface area (Å²) in [7, 11) is 0. The molecule has 132 valence electrons. The molecule has 1 saturated heterocycles. The van der Waals surface area contributed by atoms with Gasteiger partial charge in [-0.05, 0) is 31.9 Å². The van der Waals surface area contributed by atoms with Gasteiger partial charge in [-0.3, -0.25) is 4.79 Å². The normalized spacial score (nSPS) is 15.0. The summed E-state index contributed by atoms with van der Waals surface area (Å²) in [6.07, 6.45) is 3.04. The summed E-state index contributed by atoms with van der Waals surface area (Å²) in [6, 6.07) is 7.87. The molecule has 1 aliphatic rings. The Hall–Kier alpha value is -2.70. The number of piperidine rings is 1. The lowest BCUT2D eigenvalue weighted by atomic mass is 10.0. The molecule has 7 heteroatoms. The van der Waals surface area contributed by atoms with E-state index >= 15 is 0 Å². The number of carbonyl (C=O) groups excluding carboxylic acids is 1. The molecule has 2 heterocycles.